The van der Waals surface area contributed by atoms with Crippen LogP contribution in [0.2, 0.25) is 0 Å². The fourth-order valence-corrected chi connectivity index (χ4v) is 1.53. The fourth-order valence-electron chi connectivity index (χ4n) is 1.53. The molecule has 0 aliphatic heterocycles. The Kier molecular flexibility index (Phi) is 3.37. The number of hydrogen-bond acceptors (Lipinski definition) is 2. The van der Waals surface area contributed by atoms with E-state index < -0.39 is 5.82 Å². The van der Waals surface area contributed by atoms with Crippen LogP contribution in [-0.2, 0) is 0 Å². The van der Waals surface area contributed by atoms with Gasteiger partial charge in [0.05, 0.1) is 5.69 Å². The molecule has 0 amide bonds. The number of halogens is 2. The first-order valence-corrected chi connectivity index (χ1v) is 5.39. The standard InChI is InChI=1S/C14H11F2NO/c1-9(18)10-2-7-13(16)14(8-10)17-12-5-3-11(15)4-6-12/h2-8,17H,1H3. The highest BCUT2D eigenvalue weighted by Gasteiger charge is 2.06. The molecule has 0 aliphatic carbocycles. The number of anilines is 2. The van der Waals surface area contributed by atoms with Crippen molar-refractivity contribution in [1.29, 1.82) is 0 Å². The molecule has 0 aromatic heterocycles. The largest absolute Gasteiger partial charge is 0.353 e. The molecule has 0 unspecified atom stereocenters. The summed E-state index contributed by atoms with van der Waals surface area (Å²) in [5.74, 6) is -0.972. The van der Waals surface area contributed by atoms with E-state index in [0.29, 0.717) is 11.3 Å². The first-order chi connectivity index (χ1) is 8.56. The molecule has 2 aromatic rings. The zero-order valence-corrected chi connectivity index (χ0v) is 9.71. The highest BCUT2D eigenvalue weighted by molar-refractivity contribution is 5.95. The van der Waals surface area contributed by atoms with Gasteiger partial charge in [0.1, 0.15) is 11.6 Å². The lowest BCUT2D eigenvalue weighted by molar-refractivity contribution is 0.101. The van der Waals surface area contributed by atoms with Gasteiger partial charge < -0.3 is 5.32 Å². The predicted octanol–water partition coefficient (Wildman–Crippen LogP) is 3.91. The molecule has 0 saturated heterocycles. The van der Waals surface area contributed by atoms with E-state index in [-0.39, 0.29) is 17.3 Å². The summed E-state index contributed by atoms with van der Waals surface area (Å²) < 4.78 is 26.3. The van der Waals surface area contributed by atoms with Gasteiger partial charge in [-0.25, -0.2) is 8.78 Å². The van der Waals surface area contributed by atoms with E-state index in [1.54, 1.807) is 0 Å². The quantitative estimate of drug-likeness (QED) is 0.833. The summed E-state index contributed by atoms with van der Waals surface area (Å²) in [4.78, 5) is 11.2. The summed E-state index contributed by atoms with van der Waals surface area (Å²) in [5.41, 5.74) is 1.16. The maximum Gasteiger partial charge on any atom is 0.159 e. The number of carbonyl (C=O) groups excluding carboxylic acids is 1. The minimum atomic E-state index is -0.468. The molecule has 92 valence electrons. The van der Waals surface area contributed by atoms with Gasteiger partial charge >= 0.3 is 0 Å². The van der Waals surface area contributed by atoms with Crippen LogP contribution < -0.4 is 5.32 Å². The summed E-state index contributed by atoms with van der Waals surface area (Å²) in [5, 5.41) is 2.80. The van der Waals surface area contributed by atoms with Gasteiger partial charge in [0.15, 0.2) is 5.78 Å². The van der Waals surface area contributed by atoms with Crippen LogP contribution in [0.4, 0.5) is 20.2 Å². The smallest absolute Gasteiger partial charge is 0.159 e. The lowest BCUT2D eigenvalue weighted by Crippen LogP contribution is -1.98. The lowest BCUT2D eigenvalue weighted by Gasteiger charge is -2.08. The van der Waals surface area contributed by atoms with Crippen LogP contribution in [0.5, 0.6) is 0 Å². The molecule has 0 heterocycles. The highest BCUT2D eigenvalue weighted by atomic mass is 19.1. The van der Waals surface area contributed by atoms with Crippen LogP contribution >= 0.6 is 0 Å². The Morgan fingerprint density at radius 3 is 2.33 bits per heavy atom. The molecule has 0 bridgehead atoms. The van der Waals surface area contributed by atoms with Gasteiger partial charge in [0.2, 0.25) is 0 Å². The topological polar surface area (TPSA) is 29.1 Å². The second-order valence-electron chi connectivity index (χ2n) is 3.88. The molecule has 0 aliphatic rings. The van der Waals surface area contributed by atoms with Gasteiger partial charge in [0.25, 0.3) is 0 Å². The van der Waals surface area contributed by atoms with E-state index in [2.05, 4.69) is 5.32 Å². The van der Waals surface area contributed by atoms with E-state index in [9.17, 15) is 13.6 Å². The molecular formula is C14H11F2NO. The van der Waals surface area contributed by atoms with Gasteiger partial charge in [-0.3, -0.25) is 4.79 Å². The van der Waals surface area contributed by atoms with E-state index in [4.69, 9.17) is 0 Å². The van der Waals surface area contributed by atoms with Gasteiger partial charge in [-0.15, -0.1) is 0 Å². The molecule has 0 radical (unpaired) electrons. The first-order valence-electron chi connectivity index (χ1n) is 5.39. The number of nitrogens with one attached hydrogen (secondary N) is 1. The summed E-state index contributed by atoms with van der Waals surface area (Å²) in [6.07, 6.45) is 0. The monoisotopic (exact) mass is 247 g/mol. The number of Topliss-reactive ketones (excluding diaryl/α,β-unsaturated/α-hetero) is 1. The van der Waals surface area contributed by atoms with Crippen molar-refractivity contribution in [2.75, 3.05) is 5.32 Å². The van der Waals surface area contributed by atoms with Crippen molar-refractivity contribution in [1.82, 2.24) is 0 Å². The second kappa shape index (κ2) is 4.96. The molecule has 18 heavy (non-hydrogen) atoms. The van der Waals surface area contributed by atoms with Gasteiger partial charge in [0, 0.05) is 11.3 Å². The predicted molar refractivity (Wildman–Crippen MR) is 66.1 cm³/mol. The van der Waals surface area contributed by atoms with E-state index in [1.165, 1.54) is 49.4 Å². The maximum atomic E-state index is 13.6. The molecule has 0 saturated carbocycles. The van der Waals surface area contributed by atoms with Crippen molar-refractivity contribution in [3.63, 3.8) is 0 Å². The van der Waals surface area contributed by atoms with Crippen molar-refractivity contribution >= 4 is 17.2 Å². The molecule has 4 heteroatoms. The van der Waals surface area contributed by atoms with Crippen molar-refractivity contribution in [3.8, 4) is 0 Å². The molecule has 2 aromatic carbocycles. The number of carbonyl (C=O) groups is 1. The molecule has 1 N–H and O–H groups in total. The Morgan fingerprint density at radius 1 is 1.06 bits per heavy atom. The fraction of sp³-hybridized carbons (Fsp3) is 0.0714. The van der Waals surface area contributed by atoms with Gasteiger partial charge in [-0.05, 0) is 49.4 Å². The van der Waals surface area contributed by atoms with Crippen molar-refractivity contribution in [3.05, 3.63) is 59.7 Å². The third-order valence-corrected chi connectivity index (χ3v) is 2.50. The summed E-state index contributed by atoms with van der Waals surface area (Å²) in [6.45, 7) is 1.41. The molecular weight excluding hydrogens is 236 g/mol. The number of rotatable bonds is 3. The van der Waals surface area contributed by atoms with Crippen molar-refractivity contribution < 1.29 is 13.6 Å². The average Bonchev–Trinajstić information content (AvgIpc) is 2.34. The number of hydrogen-bond donors (Lipinski definition) is 1. The normalized spacial score (nSPS) is 10.2. The maximum absolute atomic E-state index is 13.6. The van der Waals surface area contributed by atoms with Gasteiger partial charge in [-0.1, -0.05) is 0 Å². The first kappa shape index (κ1) is 12.2. The van der Waals surface area contributed by atoms with Crippen molar-refractivity contribution in [2.45, 2.75) is 6.92 Å². The molecule has 0 spiro atoms. The van der Waals surface area contributed by atoms with Crippen LogP contribution in [0.3, 0.4) is 0 Å². The molecule has 2 rings (SSSR count). The third kappa shape index (κ3) is 2.71. The van der Waals surface area contributed by atoms with Crippen LogP contribution in [0.1, 0.15) is 17.3 Å². The number of ketones is 1. The molecule has 0 atom stereocenters. The minimum Gasteiger partial charge on any atom is -0.353 e. The minimum absolute atomic E-state index is 0.142. The van der Waals surface area contributed by atoms with Gasteiger partial charge in [-0.2, -0.15) is 0 Å². The second-order valence-corrected chi connectivity index (χ2v) is 3.88. The van der Waals surface area contributed by atoms with E-state index >= 15 is 0 Å². The SMILES string of the molecule is CC(=O)c1ccc(F)c(Nc2ccc(F)cc2)c1. The molecule has 0 fully saturated rings. The summed E-state index contributed by atoms with van der Waals surface area (Å²) in [7, 11) is 0. The zero-order valence-electron chi connectivity index (χ0n) is 9.71. The van der Waals surface area contributed by atoms with Crippen LogP contribution in [0.25, 0.3) is 0 Å². The highest BCUT2D eigenvalue weighted by Crippen LogP contribution is 2.21. The summed E-state index contributed by atoms with van der Waals surface area (Å²) >= 11 is 0. The average molecular weight is 247 g/mol. The zero-order chi connectivity index (χ0) is 13.1. The van der Waals surface area contributed by atoms with E-state index in [1.807, 2.05) is 0 Å². The van der Waals surface area contributed by atoms with Crippen molar-refractivity contribution in [2.24, 2.45) is 0 Å². The Bertz CT molecular complexity index is 579. The molecule has 2 nitrogen and oxygen atoms in total. The Morgan fingerprint density at radius 2 is 1.72 bits per heavy atom. The van der Waals surface area contributed by atoms with Crippen LogP contribution in [0.15, 0.2) is 42.5 Å². The Hall–Kier alpha value is -2.23. The van der Waals surface area contributed by atoms with E-state index in [0.717, 1.165) is 0 Å². The lowest BCUT2D eigenvalue weighted by atomic mass is 10.1. The summed E-state index contributed by atoms with van der Waals surface area (Å²) in [6, 6.07) is 9.62. The van der Waals surface area contributed by atoms with Crippen LogP contribution in [0, 0.1) is 11.6 Å². The number of benzene rings is 2. The Labute approximate surface area is 103 Å². The Balaban J connectivity index is 2.30. The third-order valence-electron chi connectivity index (χ3n) is 2.50. The van der Waals surface area contributed by atoms with Crippen LogP contribution in [-0.4, -0.2) is 5.78 Å².